The number of hydrogen-bond donors (Lipinski definition) is 1. The number of likely N-dealkylation sites (tertiary alicyclic amines) is 1. The fourth-order valence-corrected chi connectivity index (χ4v) is 2.70. The highest BCUT2D eigenvalue weighted by Crippen LogP contribution is 2.43. The minimum atomic E-state index is 0.0733. The zero-order valence-electron chi connectivity index (χ0n) is 11.7. The van der Waals surface area contributed by atoms with Gasteiger partial charge in [0.05, 0.1) is 0 Å². The van der Waals surface area contributed by atoms with E-state index in [-0.39, 0.29) is 5.41 Å². The molecule has 2 nitrogen and oxygen atoms in total. The van der Waals surface area contributed by atoms with Crippen LogP contribution in [0.5, 0.6) is 0 Å². The lowest BCUT2D eigenvalue weighted by atomic mass is 9.70. The van der Waals surface area contributed by atoms with E-state index in [0.29, 0.717) is 5.76 Å². The van der Waals surface area contributed by atoms with Crippen molar-refractivity contribution in [1.82, 2.24) is 4.90 Å². The van der Waals surface area contributed by atoms with E-state index < -0.39 is 0 Å². The molecule has 0 aromatic heterocycles. The molecule has 100 valence electrons. The molecule has 0 unspecified atom stereocenters. The van der Waals surface area contributed by atoms with E-state index in [4.69, 9.17) is 0 Å². The fraction of sp³-hybridized carbons (Fsp3) is 0.500. The van der Waals surface area contributed by atoms with Gasteiger partial charge >= 0.3 is 0 Å². The highest BCUT2D eigenvalue weighted by atomic mass is 16.3. The molecule has 1 rings (SSSR count). The normalized spacial score (nSPS) is 21.7. The minimum absolute atomic E-state index is 0.0733. The molecular formula is C16H25NO. The second-order valence-corrected chi connectivity index (χ2v) is 5.04. The standard InChI is InChI=1S/C16H25NO/c1-5-8-9-15(18)14(6-2)16(7-3)10-12-17(4)13-11-16/h5-6,8-9,18H,1-2,7,10-13H2,3-4H3/b9-8-,15-14-. The van der Waals surface area contributed by atoms with Crippen molar-refractivity contribution in [2.75, 3.05) is 20.1 Å². The van der Waals surface area contributed by atoms with Crippen LogP contribution in [0.15, 0.2) is 48.8 Å². The van der Waals surface area contributed by atoms with Gasteiger partial charge < -0.3 is 10.0 Å². The van der Waals surface area contributed by atoms with Gasteiger partial charge in [-0.3, -0.25) is 0 Å². The number of rotatable bonds is 5. The van der Waals surface area contributed by atoms with Crippen molar-refractivity contribution in [2.45, 2.75) is 26.2 Å². The SMILES string of the molecule is C=C/C=C\C(O)=C(/C=C)C1(CC)CCN(C)CC1. The van der Waals surface area contributed by atoms with Crippen molar-refractivity contribution >= 4 is 0 Å². The first-order chi connectivity index (χ1) is 8.59. The number of piperidine rings is 1. The summed E-state index contributed by atoms with van der Waals surface area (Å²) in [7, 11) is 2.15. The predicted octanol–water partition coefficient (Wildman–Crippen LogP) is 3.85. The second-order valence-electron chi connectivity index (χ2n) is 5.04. The first-order valence-electron chi connectivity index (χ1n) is 6.63. The quantitative estimate of drug-likeness (QED) is 0.589. The lowest BCUT2D eigenvalue weighted by Crippen LogP contribution is -2.38. The maximum atomic E-state index is 10.2. The summed E-state index contributed by atoms with van der Waals surface area (Å²) in [6.07, 6.45) is 10.1. The highest BCUT2D eigenvalue weighted by Gasteiger charge is 2.35. The van der Waals surface area contributed by atoms with E-state index in [1.165, 1.54) is 0 Å². The molecule has 1 aliphatic rings. The molecule has 0 spiro atoms. The highest BCUT2D eigenvalue weighted by molar-refractivity contribution is 5.34. The number of aliphatic hydroxyl groups excluding tert-OH is 1. The van der Waals surface area contributed by atoms with Gasteiger partial charge in [0.2, 0.25) is 0 Å². The Bertz CT molecular complexity index is 357. The molecule has 0 atom stereocenters. The van der Waals surface area contributed by atoms with Crippen LogP contribution in [0.3, 0.4) is 0 Å². The molecule has 18 heavy (non-hydrogen) atoms. The van der Waals surface area contributed by atoms with Crippen molar-refractivity contribution in [3.63, 3.8) is 0 Å². The Morgan fingerprint density at radius 1 is 1.33 bits per heavy atom. The molecular weight excluding hydrogens is 222 g/mol. The van der Waals surface area contributed by atoms with Crippen LogP contribution in [-0.4, -0.2) is 30.1 Å². The zero-order valence-corrected chi connectivity index (χ0v) is 11.7. The zero-order chi connectivity index (χ0) is 13.6. The number of aliphatic hydroxyl groups is 1. The van der Waals surface area contributed by atoms with Crippen LogP contribution in [0.2, 0.25) is 0 Å². The molecule has 0 aliphatic carbocycles. The predicted molar refractivity (Wildman–Crippen MR) is 78.6 cm³/mol. The van der Waals surface area contributed by atoms with E-state index in [1.54, 1.807) is 18.2 Å². The van der Waals surface area contributed by atoms with Crippen LogP contribution in [0.25, 0.3) is 0 Å². The van der Waals surface area contributed by atoms with Crippen LogP contribution in [0.4, 0.5) is 0 Å². The second kappa shape index (κ2) is 6.60. The molecule has 0 saturated carbocycles. The summed E-state index contributed by atoms with van der Waals surface area (Å²) < 4.78 is 0. The van der Waals surface area contributed by atoms with Crippen molar-refractivity contribution in [2.24, 2.45) is 5.41 Å². The lowest BCUT2D eigenvalue weighted by molar-refractivity contribution is 0.149. The summed E-state index contributed by atoms with van der Waals surface area (Å²) in [5, 5.41) is 10.2. The Hall–Kier alpha value is -1.28. The fourth-order valence-electron chi connectivity index (χ4n) is 2.70. The number of hydrogen-bond acceptors (Lipinski definition) is 2. The Morgan fingerprint density at radius 2 is 1.94 bits per heavy atom. The maximum Gasteiger partial charge on any atom is 0.119 e. The third-order valence-corrected chi connectivity index (χ3v) is 4.06. The summed E-state index contributed by atoms with van der Waals surface area (Å²) in [6.45, 7) is 11.9. The summed E-state index contributed by atoms with van der Waals surface area (Å²) in [6, 6.07) is 0. The molecule has 0 bridgehead atoms. The Morgan fingerprint density at radius 3 is 2.39 bits per heavy atom. The molecule has 0 amide bonds. The van der Waals surface area contributed by atoms with E-state index >= 15 is 0 Å². The number of nitrogens with zero attached hydrogens (tertiary/aromatic N) is 1. The van der Waals surface area contributed by atoms with Crippen molar-refractivity contribution in [3.05, 3.63) is 48.8 Å². The monoisotopic (exact) mass is 247 g/mol. The Labute approximate surface area is 111 Å². The van der Waals surface area contributed by atoms with E-state index in [9.17, 15) is 5.11 Å². The summed E-state index contributed by atoms with van der Waals surface area (Å²) in [5.74, 6) is 0.330. The molecule has 1 saturated heterocycles. The molecule has 1 fully saturated rings. The van der Waals surface area contributed by atoms with Gasteiger partial charge in [-0.2, -0.15) is 0 Å². The molecule has 1 heterocycles. The van der Waals surface area contributed by atoms with Gasteiger partial charge in [0.15, 0.2) is 0 Å². The first kappa shape index (κ1) is 14.8. The molecule has 0 radical (unpaired) electrons. The molecule has 2 heteroatoms. The molecule has 0 aromatic rings. The van der Waals surface area contributed by atoms with Gasteiger partial charge in [-0.15, -0.1) is 0 Å². The van der Waals surface area contributed by atoms with Crippen LogP contribution < -0.4 is 0 Å². The van der Waals surface area contributed by atoms with Crippen LogP contribution in [-0.2, 0) is 0 Å². The molecule has 1 N–H and O–H groups in total. The lowest BCUT2D eigenvalue weighted by Gasteiger charge is -2.41. The van der Waals surface area contributed by atoms with Gasteiger partial charge in [-0.1, -0.05) is 38.3 Å². The van der Waals surface area contributed by atoms with Crippen molar-refractivity contribution in [1.29, 1.82) is 0 Å². The largest absolute Gasteiger partial charge is 0.508 e. The van der Waals surface area contributed by atoms with Crippen molar-refractivity contribution in [3.8, 4) is 0 Å². The summed E-state index contributed by atoms with van der Waals surface area (Å²) in [5.41, 5.74) is 1.06. The van der Waals surface area contributed by atoms with Crippen molar-refractivity contribution < 1.29 is 5.11 Å². The first-order valence-corrected chi connectivity index (χ1v) is 6.63. The van der Waals surface area contributed by atoms with Crippen LogP contribution in [0, 0.1) is 5.41 Å². The molecule has 1 aliphatic heterocycles. The van der Waals surface area contributed by atoms with Gasteiger partial charge in [-0.25, -0.2) is 0 Å². The number of allylic oxidation sites excluding steroid dienone is 5. The van der Waals surface area contributed by atoms with E-state index in [0.717, 1.165) is 37.9 Å². The summed E-state index contributed by atoms with van der Waals surface area (Å²) >= 11 is 0. The Balaban J connectivity index is 3.07. The van der Waals surface area contributed by atoms with Gasteiger partial charge in [-0.05, 0) is 51.0 Å². The Kier molecular flexibility index (Phi) is 5.42. The van der Waals surface area contributed by atoms with E-state index in [2.05, 4.69) is 32.0 Å². The van der Waals surface area contributed by atoms with E-state index in [1.807, 2.05) is 6.08 Å². The smallest absolute Gasteiger partial charge is 0.119 e. The maximum absolute atomic E-state index is 10.2. The minimum Gasteiger partial charge on any atom is -0.508 e. The van der Waals surface area contributed by atoms with Gasteiger partial charge in [0.25, 0.3) is 0 Å². The average molecular weight is 247 g/mol. The van der Waals surface area contributed by atoms with Crippen LogP contribution >= 0.6 is 0 Å². The molecule has 0 aromatic carbocycles. The average Bonchev–Trinajstić information content (AvgIpc) is 2.39. The third-order valence-electron chi connectivity index (χ3n) is 4.06. The topological polar surface area (TPSA) is 23.5 Å². The van der Waals surface area contributed by atoms with Gasteiger partial charge in [0, 0.05) is 5.41 Å². The third kappa shape index (κ3) is 3.14. The summed E-state index contributed by atoms with van der Waals surface area (Å²) in [4.78, 5) is 2.34. The van der Waals surface area contributed by atoms with Gasteiger partial charge in [0.1, 0.15) is 5.76 Å². The van der Waals surface area contributed by atoms with Crippen LogP contribution in [0.1, 0.15) is 26.2 Å².